The summed E-state index contributed by atoms with van der Waals surface area (Å²) in [5.41, 5.74) is 5.40. The van der Waals surface area contributed by atoms with E-state index in [2.05, 4.69) is 121 Å². The van der Waals surface area contributed by atoms with Gasteiger partial charge in [-0.1, -0.05) is 152 Å². The number of hydrogen-bond donors (Lipinski definition) is 0. The van der Waals surface area contributed by atoms with Crippen molar-refractivity contribution < 1.29 is 6.85 Å². The van der Waals surface area contributed by atoms with Crippen LogP contribution in [0.4, 0.5) is 0 Å². The molecule has 44 heavy (non-hydrogen) atoms. The molecule has 0 aliphatic carbocycles. The smallest absolute Gasteiger partial charge is 0.0622 e. The Balaban J connectivity index is 1.33. The Morgan fingerprint density at radius 1 is 0.318 bits per heavy atom. The molecule has 0 N–H and O–H groups in total. The monoisotopic (exact) mass is 561 g/mol. The van der Waals surface area contributed by atoms with Crippen LogP contribution in [-0.4, -0.2) is 0 Å². The van der Waals surface area contributed by atoms with Crippen molar-refractivity contribution in [1.82, 2.24) is 0 Å². The second kappa shape index (κ2) is 9.93. The van der Waals surface area contributed by atoms with Crippen LogP contribution < -0.4 is 0 Å². The molecule has 9 aromatic rings. The van der Waals surface area contributed by atoms with Gasteiger partial charge in [0, 0.05) is 0 Å². The highest BCUT2D eigenvalue weighted by Gasteiger charge is 2.19. The molecule has 0 heterocycles. The van der Waals surface area contributed by atoms with Gasteiger partial charge in [-0.15, -0.1) is 0 Å². The molecule has 0 atom stereocenters. The lowest BCUT2D eigenvalue weighted by atomic mass is 9.83. The van der Waals surface area contributed by atoms with Gasteiger partial charge in [0.15, 0.2) is 0 Å². The average molecular weight is 562 g/mol. The minimum Gasteiger partial charge on any atom is -0.0622 e. The first-order chi connectivity index (χ1) is 23.9. The van der Waals surface area contributed by atoms with E-state index < -0.39 is 0 Å². The molecule has 0 fully saturated rings. The number of rotatable bonds is 3. The highest BCUT2D eigenvalue weighted by Crippen LogP contribution is 2.46. The van der Waals surface area contributed by atoms with E-state index in [1.165, 1.54) is 43.4 Å². The standard InChI is InChI=1S/C44H28/c1-2-12-29(13-3-1)31-24-22-30-23-25-33(27-34(30)26-31)43-38-18-8-10-20-40(38)44(41-21-11-9-19-39(41)43)42-28-32-14-4-5-15-35(32)36-16-6-7-17-37(36)42/h1-28H/i1D,2D,3D,12D,13D. The quantitative estimate of drug-likeness (QED) is 0.149. The maximum atomic E-state index is 8.55. The van der Waals surface area contributed by atoms with Crippen molar-refractivity contribution in [1.29, 1.82) is 0 Å². The largest absolute Gasteiger partial charge is 0.0629 e. The van der Waals surface area contributed by atoms with Gasteiger partial charge in [-0.05, 0) is 105 Å². The maximum Gasteiger partial charge on any atom is 0.0629 e. The Hall–Kier alpha value is -5.72. The molecule has 0 radical (unpaired) electrons. The van der Waals surface area contributed by atoms with Gasteiger partial charge < -0.3 is 0 Å². The van der Waals surface area contributed by atoms with Crippen LogP contribution in [-0.2, 0) is 0 Å². The van der Waals surface area contributed by atoms with Crippen LogP contribution in [0.1, 0.15) is 6.85 Å². The summed E-state index contributed by atoms with van der Waals surface area (Å²) in [5.74, 6) is 0. The summed E-state index contributed by atoms with van der Waals surface area (Å²) in [6.45, 7) is 0. The summed E-state index contributed by atoms with van der Waals surface area (Å²) in [4.78, 5) is 0. The predicted octanol–water partition coefficient (Wildman–Crippen LogP) is 12.5. The molecule has 0 amide bonds. The third kappa shape index (κ3) is 3.85. The van der Waals surface area contributed by atoms with Crippen molar-refractivity contribution in [3.8, 4) is 33.4 Å². The van der Waals surface area contributed by atoms with Crippen LogP contribution in [0.3, 0.4) is 0 Å². The van der Waals surface area contributed by atoms with Crippen molar-refractivity contribution >= 4 is 53.9 Å². The number of benzene rings is 9. The van der Waals surface area contributed by atoms with Gasteiger partial charge >= 0.3 is 0 Å². The molecular weight excluding hydrogens is 528 g/mol. The Kier molecular flexibility index (Phi) is 4.57. The van der Waals surface area contributed by atoms with Gasteiger partial charge in [0.2, 0.25) is 0 Å². The van der Waals surface area contributed by atoms with Crippen molar-refractivity contribution in [2.45, 2.75) is 0 Å². The lowest BCUT2D eigenvalue weighted by Gasteiger charge is -2.20. The summed E-state index contributed by atoms with van der Waals surface area (Å²) in [6.07, 6.45) is 0. The van der Waals surface area contributed by atoms with E-state index in [1.807, 2.05) is 18.2 Å². The van der Waals surface area contributed by atoms with Gasteiger partial charge in [-0.25, -0.2) is 0 Å². The fourth-order valence-electron chi connectivity index (χ4n) is 6.94. The molecule has 0 heteroatoms. The van der Waals surface area contributed by atoms with Gasteiger partial charge in [0.25, 0.3) is 0 Å². The average Bonchev–Trinajstić information content (AvgIpc) is 3.15. The molecule has 0 saturated carbocycles. The van der Waals surface area contributed by atoms with E-state index in [0.29, 0.717) is 5.56 Å². The van der Waals surface area contributed by atoms with Gasteiger partial charge in [0.1, 0.15) is 0 Å². The fourth-order valence-corrected chi connectivity index (χ4v) is 6.94. The third-order valence-electron chi connectivity index (χ3n) is 8.89. The van der Waals surface area contributed by atoms with Gasteiger partial charge in [-0.2, -0.15) is 0 Å². The Morgan fingerprint density at radius 2 is 0.841 bits per heavy atom. The zero-order chi connectivity index (χ0) is 33.4. The molecule has 0 aliphatic rings. The topological polar surface area (TPSA) is 0 Å². The number of hydrogen-bond acceptors (Lipinski definition) is 0. The van der Waals surface area contributed by atoms with E-state index in [0.717, 1.165) is 32.7 Å². The summed E-state index contributed by atoms with van der Waals surface area (Å²) < 4.78 is 41.5. The highest BCUT2D eigenvalue weighted by atomic mass is 14.2. The first kappa shape index (κ1) is 20.2. The lowest BCUT2D eigenvalue weighted by molar-refractivity contribution is 1.64. The van der Waals surface area contributed by atoms with Gasteiger partial charge in [0.05, 0.1) is 6.85 Å². The molecular formula is C44H28. The molecule has 0 unspecified atom stereocenters. The van der Waals surface area contributed by atoms with Crippen LogP contribution in [0.2, 0.25) is 0 Å². The van der Waals surface area contributed by atoms with Crippen LogP contribution in [0.15, 0.2) is 170 Å². The predicted molar refractivity (Wildman–Crippen MR) is 190 cm³/mol. The van der Waals surface area contributed by atoms with Crippen LogP contribution in [0.25, 0.3) is 87.2 Å². The van der Waals surface area contributed by atoms with E-state index in [9.17, 15) is 0 Å². The number of fused-ring (bicyclic) bond motifs is 6. The fraction of sp³-hybridized carbons (Fsp3) is 0. The van der Waals surface area contributed by atoms with Gasteiger partial charge in [-0.3, -0.25) is 0 Å². The highest BCUT2D eigenvalue weighted by molar-refractivity contribution is 6.26. The summed E-state index contributed by atoms with van der Waals surface area (Å²) in [6, 6.07) is 47.6. The van der Waals surface area contributed by atoms with Crippen LogP contribution in [0.5, 0.6) is 0 Å². The van der Waals surface area contributed by atoms with Crippen molar-refractivity contribution in [3.05, 3.63) is 170 Å². The molecule has 0 saturated heterocycles. The molecule has 0 aliphatic heterocycles. The summed E-state index contributed by atoms with van der Waals surface area (Å²) >= 11 is 0. The second-order valence-corrected chi connectivity index (χ2v) is 11.3. The van der Waals surface area contributed by atoms with E-state index >= 15 is 0 Å². The van der Waals surface area contributed by atoms with Crippen LogP contribution in [0, 0.1) is 0 Å². The van der Waals surface area contributed by atoms with E-state index in [-0.39, 0.29) is 35.8 Å². The molecule has 204 valence electrons. The minimum atomic E-state index is -0.388. The molecule has 0 spiro atoms. The SMILES string of the molecule is [2H]c1c([2H])c([2H])c(-c2ccc3ccc(-c4c5ccccc5c(-c5cc6ccccc6c6ccccc56)c5ccccc45)cc3c2)c([2H])c1[2H]. The maximum absolute atomic E-state index is 8.55. The summed E-state index contributed by atoms with van der Waals surface area (Å²) in [7, 11) is 0. The first-order valence-corrected chi connectivity index (χ1v) is 14.9. The molecule has 9 rings (SSSR count). The zero-order valence-electron chi connectivity index (χ0n) is 28.8. The minimum absolute atomic E-state index is 0.199. The van der Waals surface area contributed by atoms with E-state index in [4.69, 9.17) is 6.85 Å². The summed E-state index contributed by atoms with van der Waals surface area (Å²) in [5, 5.41) is 11.5. The van der Waals surface area contributed by atoms with E-state index in [1.54, 1.807) is 0 Å². The van der Waals surface area contributed by atoms with Crippen LogP contribution >= 0.6 is 0 Å². The molecule has 9 aromatic carbocycles. The molecule has 0 nitrogen and oxygen atoms in total. The molecule has 0 aromatic heterocycles. The lowest BCUT2D eigenvalue weighted by Crippen LogP contribution is -1.92. The second-order valence-electron chi connectivity index (χ2n) is 11.3. The molecule has 0 bridgehead atoms. The van der Waals surface area contributed by atoms with Crippen molar-refractivity contribution in [3.63, 3.8) is 0 Å². The first-order valence-electron chi connectivity index (χ1n) is 17.4. The zero-order valence-corrected chi connectivity index (χ0v) is 23.8. The Bertz CT molecular complexity index is 2750. The Morgan fingerprint density at radius 3 is 1.52 bits per heavy atom. The van der Waals surface area contributed by atoms with Crippen molar-refractivity contribution in [2.75, 3.05) is 0 Å². The third-order valence-corrected chi connectivity index (χ3v) is 8.89. The Labute approximate surface area is 263 Å². The van der Waals surface area contributed by atoms with Crippen molar-refractivity contribution in [2.24, 2.45) is 0 Å². The normalized spacial score (nSPS) is 13.2.